The van der Waals surface area contributed by atoms with Gasteiger partial charge in [-0.05, 0) is 37.1 Å². The fourth-order valence-corrected chi connectivity index (χ4v) is 3.57. The second-order valence-corrected chi connectivity index (χ2v) is 6.94. The number of hydrogen-bond donors (Lipinski definition) is 1. The zero-order valence-electron chi connectivity index (χ0n) is 14.3. The summed E-state index contributed by atoms with van der Waals surface area (Å²) in [6, 6.07) is 4.90. The molecular weight excluding hydrogens is 339 g/mol. The lowest BCUT2D eigenvalue weighted by molar-refractivity contribution is -0.141. The summed E-state index contributed by atoms with van der Waals surface area (Å²) in [5, 5.41) is 9.89. The average molecular weight is 358 g/mol. The van der Waals surface area contributed by atoms with Gasteiger partial charge < -0.3 is 14.7 Å². The van der Waals surface area contributed by atoms with Gasteiger partial charge >= 0.3 is 5.97 Å². The lowest BCUT2D eigenvalue weighted by Gasteiger charge is -2.22. The molecule has 2 fully saturated rings. The molecule has 0 bridgehead atoms. The van der Waals surface area contributed by atoms with Crippen molar-refractivity contribution in [2.45, 2.75) is 37.3 Å². The molecular formula is C19H19FN2O4. The number of fused-ring (bicyclic) bond motifs is 1. The van der Waals surface area contributed by atoms with Gasteiger partial charge in [0.15, 0.2) is 0 Å². The zero-order valence-corrected chi connectivity index (χ0v) is 14.3. The van der Waals surface area contributed by atoms with E-state index >= 15 is 0 Å². The van der Waals surface area contributed by atoms with Crippen molar-refractivity contribution in [1.29, 1.82) is 0 Å². The minimum Gasteiger partial charge on any atom is -0.480 e. The van der Waals surface area contributed by atoms with Crippen LogP contribution in [0.3, 0.4) is 0 Å². The van der Waals surface area contributed by atoms with Crippen molar-refractivity contribution in [3.8, 4) is 0 Å². The monoisotopic (exact) mass is 358 g/mol. The van der Waals surface area contributed by atoms with Crippen molar-refractivity contribution in [2.24, 2.45) is 0 Å². The van der Waals surface area contributed by atoms with Gasteiger partial charge in [-0.25, -0.2) is 9.18 Å². The van der Waals surface area contributed by atoms with E-state index in [-0.39, 0.29) is 19.1 Å². The maximum Gasteiger partial charge on any atom is 0.326 e. The summed E-state index contributed by atoms with van der Waals surface area (Å²) in [4.78, 5) is 30.7. The van der Waals surface area contributed by atoms with E-state index in [1.54, 1.807) is 12.1 Å². The number of rotatable bonds is 4. The molecule has 136 valence electrons. The van der Waals surface area contributed by atoms with Gasteiger partial charge in [0, 0.05) is 37.1 Å². The van der Waals surface area contributed by atoms with Gasteiger partial charge in [0.05, 0.1) is 17.2 Å². The van der Waals surface area contributed by atoms with Crippen molar-refractivity contribution in [3.05, 3.63) is 41.3 Å². The number of aliphatic carboxylic acids is 1. The molecule has 1 amide bonds. The molecule has 2 unspecified atom stereocenters. The Labute approximate surface area is 149 Å². The normalized spacial score (nSPS) is 22.8. The predicted octanol–water partition coefficient (Wildman–Crippen LogP) is 2.57. The summed E-state index contributed by atoms with van der Waals surface area (Å²) in [6.07, 6.45) is 1.94. The Kier molecular flexibility index (Phi) is 4.11. The van der Waals surface area contributed by atoms with E-state index in [1.807, 2.05) is 0 Å². The molecule has 2 heterocycles. The molecule has 6 nitrogen and oxygen atoms in total. The Hall–Kier alpha value is -2.54. The highest BCUT2D eigenvalue weighted by Gasteiger charge is 2.41. The molecule has 7 heteroatoms. The zero-order chi connectivity index (χ0) is 18.4. The number of methoxy groups -OCH3 is 1. The summed E-state index contributed by atoms with van der Waals surface area (Å²) in [5.41, 5.74) is 1.66. The third-order valence-electron chi connectivity index (χ3n) is 5.16. The van der Waals surface area contributed by atoms with Gasteiger partial charge in [-0.2, -0.15) is 0 Å². The Bertz CT molecular complexity index is 896. The molecule has 1 aromatic carbocycles. The summed E-state index contributed by atoms with van der Waals surface area (Å²) in [7, 11) is 1.50. The molecule has 2 aliphatic rings. The smallest absolute Gasteiger partial charge is 0.326 e. The number of benzene rings is 1. The molecule has 1 N–H and O–H groups in total. The summed E-state index contributed by atoms with van der Waals surface area (Å²) >= 11 is 0. The van der Waals surface area contributed by atoms with Crippen LogP contribution >= 0.6 is 0 Å². The number of halogens is 1. The second-order valence-electron chi connectivity index (χ2n) is 6.94. The maximum absolute atomic E-state index is 13.8. The topological polar surface area (TPSA) is 79.7 Å². The molecule has 26 heavy (non-hydrogen) atoms. The van der Waals surface area contributed by atoms with Crippen LogP contribution in [0.4, 0.5) is 4.39 Å². The van der Waals surface area contributed by atoms with Crippen molar-refractivity contribution < 1.29 is 23.8 Å². The quantitative estimate of drug-likeness (QED) is 0.909. The minimum atomic E-state index is -1.06. The number of hydrogen-bond acceptors (Lipinski definition) is 4. The van der Waals surface area contributed by atoms with Crippen LogP contribution in [0.5, 0.6) is 0 Å². The number of likely N-dealkylation sites (tertiary alicyclic amines) is 1. The third kappa shape index (κ3) is 2.92. The fraction of sp³-hybridized carbons (Fsp3) is 0.421. The SMILES string of the molecule is COC1CC(C(=O)O)N(C(=O)c2cc(C3CC3)nc3ccc(F)cc23)C1. The standard InChI is InChI=1S/C19H19FN2O4/c1-26-12-7-17(19(24)25)22(9-12)18(23)14-8-16(10-2-3-10)21-15-5-4-11(20)6-13(14)15/h4-6,8,10,12,17H,2-3,7,9H2,1H3,(H,24,25). The van der Waals surface area contributed by atoms with Crippen LogP contribution in [0, 0.1) is 5.82 Å². The van der Waals surface area contributed by atoms with Crippen molar-refractivity contribution in [3.63, 3.8) is 0 Å². The molecule has 2 atom stereocenters. The van der Waals surface area contributed by atoms with Crippen LogP contribution in [0.1, 0.15) is 41.2 Å². The molecule has 1 saturated carbocycles. The third-order valence-corrected chi connectivity index (χ3v) is 5.16. The number of carbonyl (C=O) groups excluding carboxylic acids is 1. The first-order valence-corrected chi connectivity index (χ1v) is 8.64. The van der Waals surface area contributed by atoms with E-state index in [0.717, 1.165) is 18.5 Å². The first-order chi connectivity index (χ1) is 12.5. The van der Waals surface area contributed by atoms with E-state index in [4.69, 9.17) is 4.74 Å². The number of amides is 1. The molecule has 4 rings (SSSR count). The molecule has 1 aromatic heterocycles. The maximum atomic E-state index is 13.8. The van der Waals surface area contributed by atoms with E-state index in [9.17, 15) is 19.1 Å². The lowest BCUT2D eigenvalue weighted by atomic mass is 10.0. The average Bonchev–Trinajstić information content (AvgIpc) is 3.38. The van der Waals surface area contributed by atoms with Gasteiger partial charge in [0.25, 0.3) is 5.91 Å². The highest BCUT2D eigenvalue weighted by Crippen LogP contribution is 2.40. The van der Waals surface area contributed by atoms with Crippen LogP contribution < -0.4 is 0 Å². The Morgan fingerprint density at radius 3 is 2.73 bits per heavy atom. The molecule has 1 aliphatic heterocycles. The van der Waals surface area contributed by atoms with Crippen LogP contribution in [0.2, 0.25) is 0 Å². The van der Waals surface area contributed by atoms with Gasteiger partial charge in [0.1, 0.15) is 11.9 Å². The summed E-state index contributed by atoms with van der Waals surface area (Å²) in [6.45, 7) is 0.199. The van der Waals surface area contributed by atoms with E-state index in [1.165, 1.54) is 24.1 Å². The lowest BCUT2D eigenvalue weighted by Crippen LogP contribution is -2.40. The first kappa shape index (κ1) is 16.9. The number of pyridine rings is 1. The van der Waals surface area contributed by atoms with Crippen LogP contribution in [-0.2, 0) is 9.53 Å². The highest BCUT2D eigenvalue weighted by molar-refractivity contribution is 6.07. The largest absolute Gasteiger partial charge is 0.480 e. The van der Waals surface area contributed by atoms with Crippen LogP contribution in [0.15, 0.2) is 24.3 Å². The number of carbonyl (C=O) groups is 2. The number of carboxylic acids is 1. The van der Waals surface area contributed by atoms with Gasteiger partial charge in [-0.15, -0.1) is 0 Å². The van der Waals surface area contributed by atoms with E-state index in [0.29, 0.717) is 22.4 Å². The molecule has 2 aromatic rings. The van der Waals surface area contributed by atoms with Gasteiger partial charge in [-0.3, -0.25) is 9.78 Å². The molecule has 1 saturated heterocycles. The Morgan fingerprint density at radius 1 is 1.31 bits per heavy atom. The number of ether oxygens (including phenoxy) is 1. The minimum absolute atomic E-state index is 0.199. The second kappa shape index (κ2) is 6.32. The van der Waals surface area contributed by atoms with Crippen molar-refractivity contribution in [1.82, 2.24) is 9.88 Å². The van der Waals surface area contributed by atoms with Crippen LogP contribution in [-0.4, -0.2) is 52.7 Å². The first-order valence-electron chi connectivity index (χ1n) is 8.64. The Balaban J connectivity index is 1.80. The summed E-state index contributed by atoms with van der Waals surface area (Å²) < 4.78 is 19.0. The summed E-state index contributed by atoms with van der Waals surface area (Å²) in [5.74, 6) is -1.63. The highest BCUT2D eigenvalue weighted by atomic mass is 19.1. The molecule has 1 aliphatic carbocycles. The van der Waals surface area contributed by atoms with E-state index in [2.05, 4.69) is 4.98 Å². The van der Waals surface area contributed by atoms with Crippen molar-refractivity contribution in [2.75, 3.05) is 13.7 Å². The number of nitrogens with zero attached hydrogens (tertiary/aromatic N) is 2. The fourth-order valence-electron chi connectivity index (χ4n) is 3.57. The predicted molar refractivity (Wildman–Crippen MR) is 91.6 cm³/mol. The van der Waals surface area contributed by atoms with Crippen LogP contribution in [0.25, 0.3) is 10.9 Å². The molecule has 0 spiro atoms. The van der Waals surface area contributed by atoms with Crippen molar-refractivity contribution >= 4 is 22.8 Å². The van der Waals surface area contributed by atoms with E-state index < -0.39 is 23.7 Å². The van der Waals surface area contributed by atoms with Gasteiger partial charge in [0.2, 0.25) is 0 Å². The van der Waals surface area contributed by atoms with Gasteiger partial charge in [-0.1, -0.05) is 0 Å². The Morgan fingerprint density at radius 2 is 2.08 bits per heavy atom. The number of carboxylic acid groups (broad SMARTS) is 1. The number of aromatic nitrogens is 1. The molecule has 0 radical (unpaired) electrons.